The van der Waals surface area contributed by atoms with Crippen LogP contribution in [0.4, 0.5) is 19.0 Å². The second-order valence-electron chi connectivity index (χ2n) is 6.47. The number of hydrogen-bond donors (Lipinski definition) is 0. The highest BCUT2D eigenvalue weighted by atomic mass is 19.4. The van der Waals surface area contributed by atoms with Gasteiger partial charge in [-0.1, -0.05) is 30.3 Å². The van der Waals surface area contributed by atoms with E-state index in [1.807, 2.05) is 6.07 Å². The third-order valence-electron chi connectivity index (χ3n) is 4.60. The fourth-order valence-electron chi connectivity index (χ4n) is 3.26. The molecule has 1 saturated heterocycles. The molecule has 0 N–H and O–H groups in total. The Morgan fingerprint density at radius 2 is 1.56 bits per heavy atom. The van der Waals surface area contributed by atoms with Crippen molar-refractivity contribution in [1.29, 1.82) is 0 Å². The highest BCUT2D eigenvalue weighted by molar-refractivity contribution is 5.62. The number of alkyl halides is 3. The number of halogens is 3. The van der Waals surface area contributed by atoms with Crippen molar-refractivity contribution in [3.05, 3.63) is 54.5 Å². The molecule has 1 aliphatic rings. The number of benzene rings is 1. The molecule has 0 atom stereocenters. The van der Waals surface area contributed by atoms with E-state index in [1.54, 1.807) is 30.3 Å². The normalized spacial score (nSPS) is 15.1. The number of aromatic nitrogens is 4. The second-order valence-corrected chi connectivity index (χ2v) is 6.47. The summed E-state index contributed by atoms with van der Waals surface area (Å²) in [6.07, 6.45) is 0.185. The molecule has 8 heteroatoms. The van der Waals surface area contributed by atoms with Crippen LogP contribution in [0.2, 0.25) is 0 Å². The lowest BCUT2D eigenvalue weighted by atomic mass is 10.1. The molecule has 140 valence electrons. The average molecular weight is 373 g/mol. The zero-order valence-corrected chi connectivity index (χ0v) is 14.5. The minimum absolute atomic E-state index is 0.319. The SMILES string of the molecule is FC(F)(F)c1cc(-c2ccccc2)n(-c2cc(N3CCCCC3)ncn2)n1. The Kier molecular flexibility index (Phi) is 4.55. The van der Waals surface area contributed by atoms with Crippen LogP contribution in [0.15, 0.2) is 48.8 Å². The van der Waals surface area contributed by atoms with Crippen LogP contribution >= 0.6 is 0 Å². The molecule has 27 heavy (non-hydrogen) atoms. The summed E-state index contributed by atoms with van der Waals surface area (Å²) in [6, 6.07) is 11.6. The van der Waals surface area contributed by atoms with E-state index in [0.717, 1.165) is 32.0 Å². The summed E-state index contributed by atoms with van der Waals surface area (Å²) in [4.78, 5) is 10.6. The summed E-state index contributed by atoms with van der Waals surface area (Å²) in [5.74, 6) is 1.03. The zero-order chi connectivity index (χ0) is 18.9. The predicted octanol–water partition coefficient (Wildman–Crippen LogP) is 4.34. The molecule has 0 saturated carbocycles. The minimum atomic E-state index is -4.53. The maximum atomic E-state index is 13.3. The van der Waals surface area contributed by atoms with E-state index in [1.165, 1.54) is 17.4 Å². The van der Waals surface area contributed by atoms with Crippen LogP contribution in [-0.4, -0.2) is 32.8 Å². The molecule has 2 aromatic heterocycles. The molecule has 4 rings (SSSR count). The van der Waals surface area contributed by atoms with Crippen molar-refractivity contribution in [2.75, 3.05) is 18.0 Å². The average Bonchev–Trinajstić information content (AvgIpc) is 3.16. The summed E-state index contributed by atoms with van der Waals surface area (Å²) in [6.45, 7) is 1.77. The van der Waals surface area contributed by atoms with Crippen molar-refractivity contribution in [3.8, 4) is 17.1 Å². The highest BCUT2D eigenvalue weighted by Crippen LogP contribution is 2.33. The smallest absolute Gasteiger partial charge is 0.356 e. The third-order valence-corrected chi connectivity index (χ3v) is 4.60. The lowest BCUT2D eigenvalue weighted by Gasteiger charge is -2.27. The molecule has 5 nitrogen and oxygen atoms in total. The Balaban J connectivity index is 1.80. The van der Waals surface area contributed by atoms with Crippen LogP contribution in [0.3, 0.4) is 0 Å². The summed E-state index contributed by atoms with van der Waals surface area (Å²) < 4.78 is 41.0. The maximum Gasteiger partial charge on any atom is 0.435 e. The van der Waals surface area contributed by atoms with Crippen molar-refractivity contribution >= 4 is 5.82 Å². The van der Waals surface area contributed by atoms with Gasteiger partial charge in [0.05, 0.1) is 5.69 Å². The Morgan fingerprint density at radius 3 is 2.26 bits per heavy atom. The zero-order valence-electron chi connectivity index (χ0n) is 14.5. The second kappa shape index (κ2) is 7.02. The van der Waals surface area contributed by atoms with Gasteiger partial charge in [-0.3, -0.25) is 0 Å². The molecule has 0 radical (unpaired) electrons. The summed E-state index contributed by atoms with van der Waals surface area (Å²) in [5.41, 5.74) is 0.0318. The van der Waals surface area contributed by atoms with Gasteiger partial charge in [0.25, 0.3) is 0 Å². The molecule has 0 bridgehead atoms. The largest absolute Gasteiger partial charge is 0.435 e. The van der Waals surface area contributed by atoms with Gasteiger partial charge in [0.15, 0.2) is 11.5 Å². The molecular formula is C19H18F3N5. The summed E-state index contributed by atoms with van der Waals surface area (Å²) in [7, 11) is 0. The van der Waals surface area contributed by atoms with E-state index in [9.17, 15) is 13.2 Å². The molecule has 0 spiro atoms. The lowest BCUT2D eigenvalue weighted by molar-refractivity contribution is -0.141. The predicted molar refractivity (Wildman–Crippen MR) is 95.7 cm³/mol. The molecule has 3 heterocycles. The maximum absolute atomic E-state index is 13.3. The van der Waals surface area contributed by atoms with Crippen molar-refractivity contribution in [2.45, 2.75) is 25.4 Å². The molecule has 0 unspecified atom stereocenters. The van der Waals surface area contributed by atoms with Crippen LogP contribution < -0.4 is 4.90 Å². The molecule has 1 aromatic carbocycles. The fraction of sp³-hybridized carbons (Fsp3) is 0.316. The van der Waals surface area contributed by atoms with Crippen molar-refractivity contribution in [2.24, 2.45) is 0 Å². The van der Waals surface area contributed by atoms with Gasteiger partial charge in [0, 0.05) is 24.7 Å². The molecule has 3 aromatic rings. The van der Waals surface area contributed by atoms with Crippen molar-refractivity contribution in [1.82, 2.24) is 19.7 Å². The molecule has 1 fully saturated rings. The third kappa shape index (κ3) is 3.65. The van der Waals surface area contributed by atoms with E-state index in [0.29, 0.717) is 22.9 Å². The van der Waals surface area contributed by atoms with Crippen molar-refractivity contribution in [3.63, 3.8) is 0 Å². The van der Waals surface area contributed by atoms with Gasteiger partial charge in [0.2, 0.25) is 0 Å². The monoisotopic (exact) mass is 373 g/mol. The van der Waals surface area contributed by atoms with E-state index >= 15 is 0 Å². The molecule has 0 amide bonds. The molecule has 1 aliphatic heterocycles. The standard InChI is InChI=1S/C19H18F3N5/c20-19(21,22)16-11-15(14-7-3-1-4-8-14)27(25-16)18-12-17(23-13-24-18)26-9-5-2-6-10-26/h1,3-4,7-8,11-13H,2,5-6,9-10H2. The Morgan fingerprint density at radius 1 is 0.852 bits per heavy atom. The number of rotatable bonds is 3. The number of hydrogen-bond acceptors (Lipinski definition) is 4. The van der Waals surface area contributed by atoms with Crippen LogP contribution in [0.25, 0.3) is 17.1 Å². The Bertz CT molecular complexity index is 915. The van der Waals surface area contributed by atoms with Gasteiger partial charge in [-0.15, -0.1) is 0 Å². The van der Waals surface area contributed by atoms with Gasteiger partial charge in [0.1, 0.15) is 12.1 Å². The first-order valence-corrected chi connectivity index (χ1v) is 8.82. The number of nitrogens with zero attached hydrogens (tertiary/aromatic N) is 5. The first-order chi connectivity index (χ1) is 13.0. The van der Waals surface area contributed by atoms with Crippen LogP contribution in [0, 0.1) is 0 Å². The first-order valence-electron chi connectivity index (χ1n) is 8.82. The fourth-order valence-corrected chi connectivity index (χ4v) is 3.26. The van der Waals surface area contributed by atoms with E-state index in [4.69, 9.17) is 0 Å². The molecular weight excluding hydrogens is 355 g/mol. The lowest BCUT2D eigenvalue weighted by Crippen LogP contribution is -2.30. The quantitative estimate of drug-likeness (QED) is 0.685. The number of anilines is 1. The van der Waals surface area contributed by atoms with Gasteiger partial charge in [-0.2, -0.15) is 18.3 Å². The number of piperidine rings is 1. The van der Waals surface area contributed by atoms with Crippen molar-refractivity contribution < 1.29 is 13.2 Å². The van der Waals surface area contributed by atoms with E-state index in [2.05, 4.69) is 20.0 Å². The van der Waals surface area contributed by atoms with Gasteiger partial charge < -0.3 is 4.90 Å². The minimum Gasteiger partial charge on any atom is -0.356 e. The summed E-state index contributed by atoms with van der Waals surface area (Å²) in [5, 5.41) is 3.80. The highest BCUT2D eigenvalue weighted by Gasteiger charge is 2.35. The van der Waals surface area contributed by atoms with Crippen LogP contribution in [0.1, 0.15) is 25.0 Å². The van der Waals surface area contributed by atoms with Gasteiger partial charge in [-0.25, -0.2) is 14.6 Å². The van der Waals surface area contributed by atoms with Gasteiger partial charge >= 0.3 is 6.18 Å². The van der Waals surface area contributed by atoms with Crippen LogP contribution in [-0.2, 0) is 6.18 Å². The van der Waals surface area contributed by atoms with Gasteiger partial charge in [-0.05, 0) is 25.3 Å². The Labute approximate surface area is 154 Å². The Hall–Kier alpha value is -2.90. The van der Waals surface area contributed by atoms with E-state index in [-0.39, 0.29) is 0 Å². The topological polar surface area (TPSA) is 46.8 Å². The first kappa shape index (κ1) is 17.5. The van der Waals surface area contributed by atoms with Crippen LogP contribution in [0.5, 0.6) is 0 Å². The molecule has 0 aliphatic carbocycles. The van der Waals surface area contributed by atoms with E-state index < -0.39 is 11.9 Å². The summed E-state index contributed by atoms with van der Waals surface area (Å²) >= 11 is 0.